The lowest BCUT2D eigenvalue weighted by Gasteiger charge is -2.37. The van der Waals surface area contributed by atoms with Crippen LogP contribution in [0, 0.1) is 16.7 Å². The van der Waals surface area contributed by atoms with Crippen molar-refractivity contribution in [3.63, 3.8) is 0 Å². The van der Waals surface area contributed by atoms with Crippen LogP contribution >= 0.6 is 15.9 Å². The smallest absolute Gasteiger partial charge is 0.303 e. The molecule has 1 saturated carbocycles. The SMILES string of the molecule is CC.CC1CCC(C)(C)C1(C)C.O=C(O)CCCCCCCBr. The zero-order valence-electron chi connectivity index (χ0n) is 16.7. The van der Waals surface area contributed by atoms with Gasteiger partial charge >= 0.3 is 5.97 Å². The summed E-state index contributed by atoms with van der Waals surface area (Å²) in [6.45, 7) is 16.0. The van der Waals surface area contributed by atoms with Gasteiger partial charge in [-0.2, -0.15) is 0 Å². The molecule has 0 bridgehead atoms. The standard InChI is InChI=1S/C10H20.C8H15BrO2.C2H6/c1-8-6-7-9(2,3)10(8,4)5;9-7-5-3-1-2-4-6-8(10)11;1-2/h8H,6-7H2,1-5H3;1-7H2,(H,10,11);1-2H3. The predicted octanol–water partition coefficient (Wildman–Crippen LogP) is 7.30. The molecule has 140 valence electrons. The lowest BCUT2D eigenvalue weighted by Crippen LogP contribution is -2.30. The number of hydrogen-bond acceptors (Lipinski definition) is 1. The maximum atomic E-state index is 10.1. The average Bonchev–Trinajstić information content (AvgIpc) is 2.68. The van der Waals surface area contributed by atoms with Crippen molar-refractivity contribution in [3.05, 3.63) is 0 Å². The summed E-state index contributed by atoms with van der Waals surface area (Å²) in [5.74, 6) is 0.230. The van der Waals surface area contributed by atoms with Gasteiger partial charge in [-0.05, 0) is 42.4 Å². The van der Waals surface area contributed by atoms with E-state index in [-0.39, 0.29) is 0 Å². The predicted molar refractivity (Wildman–Crippen MR) is 106 cm³/mol. The quantitative estimate of drug-likeness (QED) is 0.364. The molecule has 0 spiro atoms. The number of halogens is 1. The van der Waals surface area contributed by atoms with Crippen molar-refractivity contribution in [1.29, 1.82) is 0 Å². The van der Waals surface area contributed by atoms with E-state index in [2.05, 4.69) is 50.5 Å². The lowest BCUT2D eigenvalue weighted by atomic mass is 9.67. The van der Waals surface area contributed by atoms with E-state index in [9.17, 15) is 4.79 Å². The second-order valence-electron chi connectivity index (χ2n) is 7.65. The zero-order chi connectivity index (χ0) is 18.5. The van der Waals surface area contributed by atoms with Gasteiger partial charge in [-0.25, -0.2) is 0 Å². The minimum Gasteiger partial charge on any atom is -0.481 e. The molecule has 1 aliphatic rings. The number of hydrogen-bond donors (Lipinski definition) is 1. The third-order valence-electron chi connectivity index (χ3n) is 5.70. The number of alkyl halides is 1. The Labute approximate surface area is 154 Å². The Morgan fingerprint density at radius 2 is 1.52 bits per heavy atom. The Balaban J connectivity index is 0. The summed E-state index contributed by atoms with van der Waals surface area (Å²) >= 11 is 3.35. The Hall–Kier alpha value is -0.0500. The fourth-order valence-corrected chi connectivity index (χ4v) is 3.22. The largest absolute Gasteiger partial charge is 0.481 e. The molecule has 0 radical (unpaired) electrons. The monoisotopic (exact) mass is 392 g/mol. The highest BCUT2D eigenvalue weighted by molar-refractivity contribution is 9.09. The van der Waals surface area contributed by atoms with Crippen molar-refractivity contribution in [3.8, 4) is 0 Å². The molecule has 0 heterocycles. The van der Waals surface area contributed by atoms with E-state index < -0.39 is 5.97 Å². The van der Waals surface area contributed by atoms with Crippen molar-refractivity contribution in [2.45, 2.75) is 99.8 Å². The molecule has 1 fully saturated rings. The van der Waals surface area contributed by atoms with Crippen LogP contribution in [0.5, 0.6) is 0 Å². The molecular formula is C20H41BrO2. The highest BCUT2D eigenvalue weighted by Crippen LogP contribution is 2.55. The van der Waals surface area contributed by atoms with Crippen LogP contribution in [0.4, 0.5) is 0 Å². The van der Waals surface area contributed by atoms with Crippen molar-refractivity contribution in [2.75, 3.05) is 5.33 Å². The van der Waals surface area contributed by atoms with Gasteiger partial charge in [0.2, 0.25) is 0 Å². The minimum atomic E-state index is -0.675. The molecule has 0 aromatic carbocycles. The number of carboxylic acids is 1. The van der Waals surface area contributed by atoms with E-state index >= 15 is 0 Å². The zero-order valence-corrected chi connectivity index (χ0v) is 18.3. The number of unbranched alkanes of at least 4 members (excludes halogenated alkanes) is 4. The van der Waals surface area contributed by atoms with Gasteiger partial charge < -0.3 is 5.11 Å². The molecule has 3 heteroatoms. The fraction of sp³-hybridized carbons (Fsp3) is 0.950. The topological polar surface area (TPSA) is 37.3 Å². The first-order valence-corrected chi connectivity index (χ1v) is 10.5. The lowest BCUT2D eigenvalue weighted by molar-refractivity contribution is -0.137. The van der Waals surface area contributed by atoms with Gasteiger partial charge in [0.1, 0.15) is 0 Å². The Bertz CT molecular complexity index is 298. The maximum Gasteiger partial charge on any atom is 0.303 e. The molecular weight excluding hydrogens is 352 g/mol. The van der Waals surface area contributed by atoms with Crippen molar-refractivity contribution < 1.29 is 9.90 Å². The molecule has 1 rings (SSSR count). The molecule has 1 N–H and O–H groups in total. The first kappa shape index (κ1) is 25.2. The first-order chi connectivity index (χ1) is 10.6. The molecule has 0 saturated heterocycles. The van der Waals surface area contributed by atoms with Crippen LogP contribution in [0.25, 0.3) is 0 Å². The molecule has 0 aliphatic heterocycles. The molecule has 23 heavy (non-hydrogen) atoms. The maximum absolute atomic E-state index is 10.1. The summed E-state index contributed by atoms with van der Waals surface area (Å²) in [4.78, 5) is 10.1. The van der Waals surface area contributed by atoms with Gasteiger partial charge in [0, 0.05) is 11.8 Å². The van der Waals surface area contributed by atoms with Crippen molar-refractivity contribution >= 4 is 21.9 Å². The van der Waals surface area contributed by atoms with Crippen LogP contribution in [-0.2, 0) is 4.79 Å². The Morgan fingerprint density at radius 3 is 1.83 bits per heavy atom. The third-order valence-corrected chi connectivity index (χ3v) is 6.26. The van der Waals surface area contributed by atoms with Crippen LogP contribution < -0.4 is 0 Å². The van der Waals surface area contributed by atoms with Crippen LogP contribution in [0.2, 0.25) is 0 Å². The summed E-state index contributed by atoms with van der Waals surface area (Å²) < 4.78 is 0. The second-order valence-corrected chi connectivity index (χ2v) is 8.44. The molecule has 2 nitrogen and oxygen atoms in total. The summed E-state index contributed by atoms with van der Waals surface area (Å²) in [6, 6.07) is 0. The minimum absolute atomic E-state index is 0.328. The van der Waals surface area contributed by atoms with Crippen LogP contribution in [-0.4, -0.2) is 16.4 Å². The highest BCUT2D eigenvalue weighted by atomic mass is 79.9. The number of rotatable bonds is 7. The summed E-state index contributed by atoms with van der Waals surface area (Å²) in [7, 11) is 0. The van der Waals surface area contributed by atoms with Gasteiger partial charge in [0.15, 0.2) is 0 Å². The number of aliphatic carboxylic acids is 1. The summed E-state index contributed by atoms with van der Waals surface area (Å²) in [6.07, 6.45) is 8.61. The summed E-state index contributed by atoms with van der Waals surface area (Å²) in [5, 5.41) is 9.37. The van der Waals surface area contributed by atoms with Gasteiger partial charge in [-0.3, -0.25) is 4.79 Å². The van der Waals surface area contributed by atoms with Crippen LogP contribution in [0.15, 0.2) is 0 Å². The molecule has 1 unspecified atom stereocenters. The normalized spacial score (nSPS) is 20.8. The summed E-state index contributed by atoms with van der Waals surface area (Å²) in [5.41, 5.74) is 1.11. The van der Waals surface area contributed by atoms with E-state index in [1.165, 1.54) is 32.1 Å². The van der Waals surface area contributed by atoms with Gasteiger partial charge in [0.05, 0.1) is 0 Å². The number of carboxylic acid groups (broad SMARTS) is 1. The third kappa shape index (κ3) is 10.4. The van der Waals surface area contributed by atoms with Crippen molar-refractivity contribution in [2.24, 2.45) is 16.7 Å². The molecule has 0 amide bonds. The van der Waals surface area contributed by atoms with E-state index in [4.69, 9.17) is 5.11 Å². The van der Waals surface area contributed by atoms with Crippen LogP contribution in [0.3, 0.4) is 0 Å². The van der Waals surface area contributed by atoms with Crippen LogP contribution in [0.1, 0.15) is 99.8 Å². The van der Waals surface area contributed by atoms with E-state index in [1.807, 2.05) is 13.8 Å². The molecule has 0 aromatic heterocycles. The number of carbonyl (C=O) groups is 1. The van der Waals surface area contributed by atoms with Crippen molar-refractivity contribution in [1.82, 2.24) is 0 Å². The molecule has 0 aromatic rings. The second kappa shape index (κ2) is 13.3. The molecule has 1 aliphatic carbocycles. The Kier molecular flexibility index (Phi) is 14.5. The fourth-order valence-electron chi connectivity index (χ4n) is 2.83. The van der Waals surface area contributed by atoms with E-state index in [0.29, 0.717) is 17.3 Å². The van der Waals surface area contributed by atoms with Gasteiger partial charge in [0.25, 0.3) is 0 Å². The molecule has 1 atom stereocenters. The van der Waals surface area contributed by atoms with Gasteiger partial charge in [-0.15, -0.1) is 0 Å². The average molecular weight is 393 g/mol. The first-order valence-electron chi connectivity index (χ1n) is 9.43. The van der Waals surface area contributed by atoms with Gasteiger partial charge in [-0.1, -0.05) is 83.7 Å². The van der Waals surface area contributed by atoms with E-state index in [0.717, 1.165) is 24.1 Å². The highest BCUT2D eigenvalue weighted by Gasteiger charge is 2.45. The Morgan fingerprint density at radius 1 is 1.04 bits per heavy atom. The van der Waals surface area contributed by atoms with E-state index in [1.54, 1.807) is 0 Å².